The number of nitrogens with zero attached hydrogens (tertiary/aromatic N) is 2. The van der Waals surface area contributed by atoms with Crippen LogP contribution in [0.25, 0.3) is 0 Å². The zero-order chi connectivity index (χ0) is 17.4. The van der Waals surface area contributed by atoms with Gasteiger partial charge in [0.1, 0.15) is 5.75 Å². The number of anilines is 1. The predicted molar refractivity (Wildman–Crippen MR) is 90.5 cm³/mol. The van der Waals surface area contributed by atoms with Crippen LogP contribution in [0.1, 0.15) is 20.3 Å². The van der Waals surface area contributed by atoms with E-state index in [4.69, 9.17) is 21.1 Å². The van der Waals surface area contributed by atoms with Gasteiger partial charge >= 0.3 is 0 Å². The number of carbonyl (C=O) groups is 2. The third-order valence-electron chi connectivity index (χ3n) is 4.39. The quantitative estimate of drug-likeness (QED) is 0.780. The molecular formula is C17H21ClN2O4. The minimum atomic E-state index is -0.463. The van der Waals surface area contributed by atoms with Gasteiger partial charge in [-0.3, -0.25) is 14.5 Å². The van der Waals surface area contributed by atoms with Crippen LogP contribution < -0.4 is 9.64 Å². The minimum Gasteiger partial charge on any atom is -0.495 e. The van der Waals surface area contributed by atoms with E-state index in [-0.39, 0.29) is 30.4 Å². The first kappa shape index (κ1) is 17.2. The van der Waals surface area contributed by atoms with Gasteiger partial charge in [-0.1, -0.05) is 11.6 Å². The highest BCUT2D eigenvalue weighted by Crippen LogP contribution is 2.35. The Kier molecular flexibility index (Phi) is 4.80. The molecule has 2 saturated heterocycles. The molecule has 6 nitrogen and oxygen atoms in total. The van der Waals surface area contributed by atoms with Gasteiger partial charge in [0.05, 0.1) is 37.5 Å². The van der Waals surface area contributed by atoms with Gasteiger partial charge in [0.25, 0.3) is 5.91 Å². The minimum absolute atomic E-state index is 0.0337. The maximum absolute atomic E-state index is 12.9. The Hall–Kier alpha value is -1.63. The molecule has 2 fully saturated rings. The van der Waals surface area contributed by atoms with Crippen molar-refractivity contribution in [1.29, 1.82) is 0 Å². The van der Waals surface area contributed by atoms with E-state index in [0.29, 0.717) is 29.5 Å². The fourth-order valence-corrected chi connectivity index (χ4v) is 3.63. The van der Waals surface area contributed by atoms with Crippen molar-refractivity contribution in [3.63, 3.8) is 0 Å². The van der Waals surface area contributed by atoms with Crippen LogP contribution in [-0.2, 0) is 14.3 Å². The van der Waals surface area contributed by atoms with Crippen LogP contribution in [0.5, 0.6) is 5.75 Å². The summed E-state index contributed by atoms with van der Waals surface area (Å²) in [7, 11) is 1.50. The van der Waals surface area contributed by atoms with E-state index in [1.54, 1.807) is 18.2 Å². The highest BCUT2D eigenvalue weighted by Gasteiger charge is 2.45. The average molecular weight is 353 g/mol. The molecule has 2 amide bonds. The van der Waals surface area contributed by atoms with Gasteiger partial charge in [0, 0.05) is 18.1 Å². The summed E-state index contributed by atoms with van der Waals surface area (Å²) < 4.78 is 11.0. The molecule has 3 atom stereocenters. The normalized spacial score (nSPS) is 28.5. The summed E-state index contributed by atoms with van der Waals surface area (Å²) in [6.45, 7) is 5.21. The second kappa shape index (κ2) is 6.70. The lowest BCUT2D eigenvalue weighted by Gasteiger charge is -2.37. The molecule has 3 rings (SSSR count). The Morgan fingerprint density at radius 1 is 1.21 bits per heavy atom. The molecule has 0 aliphatic carbocycles. The standard InChI is InChI=1S/C17H21ClN2O4/c1-10-8-19(9-11(2)24-10)14-7-16(21)20(17(14)22)13-6-12(18)4-5-15(13)23-3/h4-6,10-11,14H,7-9H2,1-3H3/t10-,11-,14+/m0/s1. The molecule has 0 bridgehead atoms. The van der Waals surface area contributed by atoms with E-state index < -0.39 is 6.04 Å². The first-order valence-electron chi connectivity index (χ1n) is 8.00. The maximum atomic E-state index is 12.9. The molecule has 1 aromatic carbocycles. The van der Waals surface area contributed by atoms with Crippen molar-refractivity contribution in [1.82, 2.24) is 4.90 Å². The van der Waals surface area contributed by atoms with Crippen LogP contribution in [0.3, 0.4) is 0 Å². The van der Waals surface area contributed by atoms with Crippen molar-refractivity contribution < 1.29 is 19.1 Å². The zero-order valence-electron chi connectivity index (χ0n) is 14.0. The summed E-state index contributed by atoms with van der Waals surface area (Å²) in [5, 5.41) is 0.448. The number of benzene rings is 1. The van der Waals surface area contributed by atoms with Gasteiger partial charge in [-0.15, -0.1) is 0 Å². The maximum Gasteiger partial charge on any atom is 0.251 e. The van der Waals surface area contributed by atoms with E-state index in [9.17, 15) is 9.59 Å². The molecule has 1 aromatic rings. The average Bonchev–Trinajstić information content (AvgIpc) is 2.81. The van der Waals surface area contributed by atoms with Gasteiger partial charge in [0.2, 0.25) is 5.91 Å². The first-order chi connectivity index (χ1) is 11.4. The number of carbonyl (C=O) groups excluding carboxylic acids is 2. The van der Waals surface area contributed by atoms with Gasteiger partial charge < -0.3 is 9.47 Å². The molecule has 24 heavy (non-hydrogen) atoms. The second-order valence-electron chi connectivity index (χ2n) is 6.31. The third-order valence-corrected chi connectivity index (χ3v) is 4.63. The first-order valence-corrected chi connectivity index (χ1v) is 8.38. The zero-order valence-corrected chi connectivity index (χ0v) is 14.7. The lowest BCUT2D eigenvalue weighted by atomic mass is 10.1. The summed E-state index contributed by atoms with van der Waals surface area (Å²) >= 11 is 6.04. The summed E-state index contributed by atoms with van der Waals surface area (Å²) in [6, 6.07) is 4.45. The highest BCUT2D eigenvalue weighted by molar-refractivity contribution is 6.31. The number of ether oxygens (including phenoxy) is 2. The van der Waals surface area contributed by atoms with Crippen LogP contribution in [-0.4, -0.2) is 55.2 Å². The summed E-state index contributed by atoms with van der Waals surface area (Å²) in [5.74, 6) is -0.0234. The molecule has 2 heterocycles. The van der Waals surface area contributed by atoms with Crippen LogP contribution in [0.15, 0.2) is 18.2 Å². The predicted octanol–water partition coefficient (Wildman–Crippen LogP) is 2.09. The Labute approximate surface area is 146 Å². The van der Waals surface area contributed by atoms with Gasteiger partial charge in [0.15, 0.2) is 0 Å². The monoisotopic (exact) mass is 352 g/mol. The molecular weight excluding hydrogens is 332 g/mol. The van der Waals surface area contributed by atoms with Crippen molar-refractivity contribution in [3.05, 3.63) is 23.2 Å². The molecule has 0 aromatic heterocycles. The molecule has 0 radical (unpaired) electrons. The molecule has 2 aliphatic heterocycles. The SMILES string of the molecule is COc1ccc(Cl)cc1N1C(=O)C[C@@H](N2C[C@H](C)O[C@@H](C)C2)C1=O. The molecule has 7 heteroatoms. The topological polar surface area (TPSA) is 59.1 Å². The number of methoxy groups -OCH3 is 1. The molecule has 130 valence electrons. The third kappa shape index (κ3) is 3.14. The smallest absolute Gasteiger partial charge is 0.251 e. The van der Waals surface area contributed by atoms with Crippen LogP contribution in [0.2, 0.25) is 5.02 Å². The van der Waals surface area contributed by atoms with Gasteiger partial charge in [-0.25, -0.2) is 4.90 Å². The van der Waals surface area contributed by atoms with Crippen LogP contribution >= 0.6 is 11.6 Å². The van der Waals surface area contributed by atoms with Crippen LogP contribution in [0.4, 0.5) is 5.69 Å². The fourth-order valence-electron chi connectivity index (χ4n) is 3.46. The van der Waals surface area contributed by atoms with Crippen molar-refractivity contribution in [2.45, 2.75) is 38.5 Å². The Bertz CT molecular complexity index is 656. The van der Waals surface area contributed by atoms with E-state index in [0.717, 1.165) is 0 Å². The van der Waals surface area contributed by atoms with Gasteiger partial charge in [-0.05, 0) is 32.0 Å². The Morgan fingerprint density at radius 3 is 2.50 bits per heavy atom. The van der Waals surface area contributed by atoms with Crippen molar-refractivity contribution >= 4 is 29.1 Å². The van der Waals surface area contributed by atoms with E-state index in [1.807, 2.05) is 18.7 Å². The van der Waals surface area contributed by atoms with Crippen molar-refractivity contribution in [3.8, 4) is 5.75 Å². The summed E-state index contributed by atoms with van der Waals surface area (Å²) in [5.41, 5.74) is 0.400. The van der Waals surface area contributed by atoms with Crippen molar-refractivity contribution in [2.24, 2.45) is 0 Å². The van der Waals surface area contributed by atoms with Crippen LogP contribution in [0, 0.1) is 0 Å². The molecule has 0 unspecified atom stereocenters. The fraction of sp³-hybridized carbons (Fsp3) is 0.529. The van der Waals surface area contributed by atoms with E-state index in [1.165, 1.54) is 12.0 Å². The van der Waals surface area contributed by atoms with Gasteiger partial charge in [-0.2, -0.15) is 0 Å². The number of imide groups is 1. The number of rotatable bonds is 3. The second-order valence-corrected chi connectivity index (χ2v) is 6.75. The summed E-state index contributed by atoms with van der Waals surface area (Å²) in [4.78, 5) is 28.7. The molecule has 0 spiro atoms. The Morgan fingerprint density at radius 2 is 1.88 bits per heavy atom. The number of morpholine rings is 1. The molecule has 0 N–H and O–H groups in total. The molecule has 2 aliphatic rings. The number of halogens is 1. The van der Waals surface area contributed by atoms with E-state index >= 15 is 0 Å². The molecule has 0 saturated carbocycles. The number of amides is 2. The Balaban J connectivity index is 1.88. The van der Waals surface area contributed by atoms with E-state index in [2.05, 4.69) is 0 Å². The number of hydrogen-bond donors (Lipinski definition) is 0. The highest BCUT2D eigenvalue weighted by atomic mass is 35.5. The lowest BCUT2D eigenvalue weighted by molar-refractivity contribution is -0.127. The largest absolute Gasteiger partial charge is 0.495 e. The number of hydrogen-bond acceptors (Lipinski definition) is 5. The summed E-state index contributed by atoms with van der Waals surface area (Å²) in [6.07, 6.45) is 0.228. The lowest BCUT2D eigenvalue weighted by Crippen LogP contribution is -2.52. The van der Waals surface area contributed by atoms with Crippen molar-refractivity contribution in [2.75, 3.05) is 25.1 Å².